The number of nitrogens with one attached hydrogen (secondary N) is 1. The molecule has 0 bridgehead atoms. The van der Waals surface area contributed by atoms with Gasteiger partial charge in [-0.1, -0.05) is 6.07 Å². The largest absolute Gasteiger partial charge is 0.354 e. The molecule has 4 nitrogen and oxygen atoms in total. The first-order valence-electron chi connectivity index (χ1n) is 5.08. The zero-order valence-electron chi connectivity index (χ0n) is 9.74. The Kier molecular flexibility index (Phi) is 5.43. The molecular weight excluding hydrogens is 230 g/mol. The molecule has 0 aliphatic rings. The summed E-state index contributed by atoms with van der Waals surface area (Å²) in [5.74, 6) is 3.60. The number of halogens is 2. The second-order valence-corrected chi connectivity index (χ2v) is 3.57. The summed E-state index contributed by atoms with van der Waals surface area (Å²) in [5, 5.41) is 0. The second-order valence-electron chi connectivity index (χ2n) is 3.57. The van der Waals surface area contributed by atoms with Gasteiger partial charge in [-0.3, -0.25) is 11.3 Å². The predicted molar refractivity (Wildman–Crippen MR) is 59.0 cm³/mol. The first kappa shape index (κ1) is 14.0. The Morgan fingerprint density at radius 1 is 1.24 bits per heavy atom. The molecule has 0 saturated carbocycles. The molecule has 0 aliphatic heterocycles. The van der Waals surface area contributed by atoms with Crippen LogP contribution in [0.3, 0.4) is 0 Å². The van der Waals surface area contributed by atoms with Crippen molar-refractivity contribution >= 4 is 0 Å². The van der Waals surface area contributed by atoms with Gasteiger partial charge in [0.1, 0.15) is 0 Å². The fourth-order valence-electron chi connectivity index (χ4n) is 1.58. The van der Waals surface area contributed by atoms with Crippen LogP contribution in [0, 0.1) is 11.6 Å². The number of rotatable bonds is 6. The topological polar surface area (TPSA) is 56.5 Å². The van der Waals surface area contributed by atoms with Crippen LogP contribution < -0.4 is 11.3 Å². The van der Waals surface area contributed by atoms with Crippen LogP contribution in [0.25, 0.3) is 0 Å². The average Bonchev–Trinajstić information content (AvgIpc) is 2.33. The molecule has 1 aromatic rings. The van der Waals surface area contributed by atoms with Crippen LogP contribution in [0.5, 0.6) is 0 Å². The van der Waals surface area contributed by atoms with Gasteiger partial charge in [-0.05, 0) is 24.1 Å². The summed E-state index contributed by atoms with van der Waals surface area (Å²) in [6.07, 6.45) is -0.201. The Balaban J connectivity index is 2.76. The van der Waals surface area contributed by atoms with E-state index in [1.807, 2.05) is 0 Å². The summed E-state index contributed by atoms with van der Waals surface area (Å²) in [4.78, 5) is 0. The van der Waals surface area contributed by atoms with Gasteiger partial charge in [0.05, 0.1) is 6.04 Å². The minimum absolute atomic E-state index is 0.352. The number of hydrogen-bond acceptors (Lipinski definition) is 4. The Morgan fingerprint density at radius 2 is 1.88 bits per heavy atom. The second kappa shape index (κ2) is 6.61. The molecule has 96 valence electrons. The van der Waals surface area contributed by atoms with Gasteiger partial charge in [-0.25, -0.2) is 8.78 Å². The van der Waals surface area contributed by atoms with E-state index >= 15 is 0 Å². The van der Waals surface area contributed by atoms with Gasteiger partial charge in [-0.2, -0.15) is 0 Å². The highest BCUT2D eigenvalue weighted by molar-refractivity contribution is 5.19. The third-order valence-electron chi connectivity index (χ3n) is 2.45. The summed E-state index contributed by atoms with van der Waals surface area (Å²) < 4.78 is 35.8. The maximum Gasteiger partial charge on any atom is 0.173 e. The molecule has 0 aliphatic carbocycles. The number of nitrogens with two attached hydrogens (primary N) is 1. The molecule has 0 heterocycles. The molecule has 0 spiro atoms. The normalized spacial score (nSPS) is 13.1. The fourth-order valence-corrected chi connectivity index (χ4v) is 1.58. The summed E-state index contributed by atoms with van der Waals surface area (Å²) >= 11 is 0. The average molecular weight is 246 g/mol. The molecule has 3 N–H and O–H groups in total. The van der Waals surface area contributed by atoms with Crippen molar-refractivity contribution in [2.45, 2.75) is 18.8 Å². The van der Waals surface area contributed by atoms with Crippen LogP contribution in [-0.2, 0) is 15.9 Å². The van der Waals surface area contributed by atoms with Crippen molar-refractivity contribution in [1.29, 1.82) is 0 Å². The lowest BCUT2D eigenvalue weighted by Crippen LogP contribution is -2.47. The molecule has 6 heteroatoms. The molecule has 0 fully saturated rings. The lowest BCUT2D eigenvalue weighted by molar-refractivity contribution is -0.122. The van der Waals surface area contributed by atoms with E-state index in [1.165, 1.54) is 20.3 Å². The molecule has 0 aromatic heterocycles. The summed E-state index contributed by atoms with van der Waals surface area (Å²) in [6, 6.07) is 3.34. The SMILES string of the molecule is COC(OC)C(Cc1ccc(F)c(F)c1)NN. The van der Waals surface area contributed by atoms with Gasteiger partial charge in [0.15, 0.2) is 17.9 Å². The highest BCUT2D eigenvalue weighted by Gasteiger charge is 2.20. The van der Waals surface area contributed by atoms with Gasteiger partial charge >= 0.3 is 0 Å². The third kappa shape index (κ3) is 3.71. The lowest BCUT2D eigenvalue weighted by Gasteiger charge is -2.24. The van der Waals surface area contributed by atoms with Crippen molar-refractivity contribution in [3.05, 3.63) is 35.4 Å². The van der Waals surface area contributed by atoms with Crippen LogP contribution in [0.1, 0.15) is 5.56 Å². The van der Waals surface area contributed by atoms with E-state index in [4.69, 9.17) is 15.3 Å². The number of hydrazine groups is 1. The number of benzene rings is 1. The molecule has 0 saturated heterocycles. The monoisotopic (exact) mass is 246 g/mol. The lowest BCUT2D eigenvalue weighted by atomic mass is 10.1. The van der Waals surface area contributed by atoms with Crippen LogP contribution in [0.15, 0.2) is 18.2 Å². The number of ether oxygens (including phenoxy) is 2. The molecule has 1 atom stereocenters. The maximum absolute atomic E-state index is 13.0. The van der Waals surface area contributed by atoms with Crippen molar-refractivity contribution in [3.63, 3.8) is 0 Å². The van der Waals surface area contributed by atoms with Crippen molar-refractivity contribution in [2.75, 3.05) is 14.2 Å². The van der Waals surface area contributed by atoms with E-state index in [2.05, 4.69) is 5.43 Å². The minimum Gasteiger partial charge on any atom is -0.354 e. The Labute approximate surface area is 98.7 Å². The first-order chi connectivity index (χ1) is 8.12. The van der Waals surface area contributed by atoms with Crippen molar-refractivity contribution in [3.8, 4) is 0 Å². The van der Waals surface area contributed by atoms with E-state index in [9.17, 15) is 8.78 Å². The zero-order valence-corrected chi connectivity index (χ0v) is 9.74. The summed E-state index contributed by atoms with van der Waals surface area (Å²) in [6.45, 7) is 0. The molecule has 1 aromatic carbocycles. The number of methoxy groups -OCH3 is 2. The van der Waals surface area contributed by atoms with Gasteiger partial charge < -0.3 is 9.47 Å². The van der Waals surface area contributed by atoms with Crippen LogP contribution in [0.4, 0.5) is 8.78 Å². The van der Waals surface area contributed by atoms with Gasteiger partial charge in [0, 0.05) is 14.2 Å². The van der Waals surface area contributed by atoms with Crippen molar-refractivity contribution < 1.29 is 18.3 Å². The predicted octanol–water partition coefficient (Wildman–Crippen LogP) is 0.958. The Morgan fingerprint density at radius 3 is 2.35 bits per heavy atom. The van der Waals surface area contributed by atoms with Gasteiger partial charge in [0.2, 0.25) is 0 Å². The van der Waals surface area contributed by atoms with Gasteiger partial charge in [0.25, 0.3) is 0 Å². The highest BCUT2D eigenvalue weighted by atomic mass is 19.2. The number of hydrogen-bond donors (Lipinski definition) is 2. The highest BCUT2D eigenvalue weighted by Crippen LogP contribution is 2.12. The standard InChI is InChI=1S/C11H16F2N2O2/c1-16-11(17-2)10(15-14)6-7-3-4-8(12)9(13)5-7/h3-5,10-11,15H,6,14H2,1-2H3. The van der Waals surface area contributed by atoms with Crippen LogP contribution in [-0.4, -0.2) is 26.6 Å². The van der Waals surface area contributed by atoms with Gasteiger partial charge in [-0.15, -0.1) is 0 Å². The van der Waals surface area contributed by atoms with Crippen LogP contribution >= 0.6 is 0 Å². The summed E-state index contributed by atoms with van der Waals surface area (Å²) in [7, 11) is 2.95. The van der Waals surface area contributed by atoms with E-state index < -0.39 is 17.9 Å². The van der Waals surface area contributed by atoms with E-state index in [0.29, 0.717) is 12.0 Å². The molecule has 1 unspecified atom stereocenters. The quantitative estimate of drug-likeness (QED) is 0.446. The summed E-state index contributed by atoms with van der Waals surface area (Å²) in [5.41, 5.74) is 3.12. The Bertz CT molecular complexity index is 359. The van der Waals surface area contributed by atoms with Crippen molar-refractivity contribution in [1.82, 2.24) is 5.43 Å². The molecule has 17 heavy (non-hydrogen) atoms. The van der Waals surface area contributed by atoms with E-state index in [1.54, 1.807) is 0 Å². The maximum atomic E-state index is 13.0. The smallest absolute Gasteiger partial charge is 0.173 e. The Hall–Kier alpha value is -1.08. The third-order valence-corrected chi connectivity index (χ3v) is 2.45. The molecule has 0 amide bonds. The minimum atomic E-state index is -0.885. The van der Waals surface area contributed by atoms with E-state index in [0.717, 1.165) is 12.1 Å². The molecular formula is C11H16F2N2O2. The van der Waals surface area contributed by atoms with E-state index in [-0.39, 0.29) is 6.04 Å². The zero-order chi connectivity index (χ0) is 12.8. The van der Waals surface area contributed by atoms with Crippen molar-refractivity contribution in [2.24, 2.45) is 5.84 Å². The molecule has 0 radical (unpaired) electrons. The van der Waals surface area contributed by atoms with Crippen LogP contribution in [0.2, 0.25) is 0 Å². The fraction of sp³-hybridized carbons (Fsp3) is 0.455. The molecule has 1 rings (SSSR count). The first-order valence-corrected chi connectivity index (χ1v) is 5.08.